The minimum absolute atomic E-state index is 0.219. The van der Waals surface area contributed by atoms with E-state index in [0.29, 0.717) is 23.4 Å². The molecule has 1 N–H and O–H groups in total. The topological polar surface area (TPSA) is 64.0 Å². The molecule has 0 atom stereocenters. The lowest BCUT2D eigenvalue weighted by Gasteiger charge is -2.09. The fourth-order valence-electron chi connectivity index (χ4n) is 3.12. The highest BCUT2D eigenvalue weighted by Gasteiger charge is 2.18. The minimum Gasteiger partial charge on any atom is -0.319 e. The summed E-state index contributed by atoms with van der Waals surface area (Å²) in [7, 11) is -3.56. The fourth-order valence-corrected chi connectivity index (χ4v) is 5.24. The maximum Gasteiger partial charge on any atom is 0.240 e. The van der Waals surface area contributed by atoms with Crippen LogP contribution in [0.2, 0.25) is 0 Å². The van der Waals surface area contributed by atoms with Gasteiger partial charge in [0.2, 0.25) is 10.0 Å². The van der Waals surface area contributed by atoms with E-state index < -0.39 is 10.0 Å². The van der Waals surface area contributed by atoms with Crippen LogP contribution in [0.5, 0.6) is 0 Å². The number of unbranched alkanes of at least 4 members (excludes halogenated alkanes) is 2. The molecule has 0 aliphatic heterocycles. The van der Waals surface area contributed by atoms with E-state index in [1.54, 1.807) is 24.3 Å². The summed E-state index contributed by atoms with van der Waals surface area (Å²) >= 11 is 1.47. The van der Waals surface area contributed by atoms with Crippen molar-refractivity contribution in [2.24, 2.45) is 0 Å². The second-order valence-electron chi connectivity index (χ2n) is 7.18. The third-order valence-electron chi connectivity index (χ3n) is 4.87. The van der Waals surface area contributed by atoms with Gasteiger partial charge in [0.15, 0.2) is 5.16 Å². The molecule has 1 aromatic heterocycles. The number of thioether (sulfide) groups is 1. The highest BCUT2D eigenvalue weighted by molar-refractivity contribution is 7.98. The molecule has 0 radical (unpaired) electrons. The first-order valence-electron chi connectivity index (χ1n) is 10.3. The van der Waals surface area contributed by atoms with Crippen molar-refractivity contribution < 1.29 is 12.8 Å². The van der Waals surface area contributed by atoms with Gasteiger partial charge in [-0.2, -0.15) is 0 Å². The van der Waals surface area contributed by atoms with Crippen molar-refractivity contribution in [1.82, 2.24) is 14.3 Å². The molecule has 5 nitrogen and oxygen atoms in total. The van der Waals surface area contributed by atoms with E-state index in [-0.39, 0.29) is 10.7 Å². The van der Waals surface area contributed by atoms with Crippen LogP contribution < -0.4 is 4.72 Å². The van der Waals surface area contributed by atoms with Crippen LogP contribution in [0.4, 0.5) is 4.39 Å². The van der Waals surface area contributed by atoms with Gasteiger partial charge in [-0.15, -0.1) is 0 Å². The number of hydrogen-bond acceptors (Lipinski definition) is 4. The fraction of sp³-hybridized carbons (Fsp3) is 0.409. The molecule has 3 aromatic rings. The minimum atomic E-state index is -3.56. The normalized spacial score (nSPS) is 12.0. The number of sulfonamides is 1. The Bertz CT molecular complexity index is 1100. The van der Waals surface area contributed by atoms with E-state index in [1.807, 2.05) is 19.1 Å². The number of hydrogen-bond donors (Lipinski definition) is 1. The molecule has 162 valence electrons. The van der Waals surface area contributed by atoms with Crippen molar-refractivity contribution in [1.29, 1.82) is 0 Å². The highest BCUT2D eigenvalue weighted by atomic mass is 32.2. The zero-order valence-corrected chi connectivity index (χ0v) is 19.0. The summed E-state index contributed by atoms with van der Waals surface area (Å²) in [5, 5.41) is 0.773. The second kappa shape index (κ2) is 10.4. The molecule has 2 aromatic carbocycles. The maximum atomic E-state index is 14.0. The van der Waals surface area contributed by atoms with Crippen LogP contribution in [0, 0.1) is 5.82 Å². The molecule has 0 aliphatic carbocycles. The maximum absolute atomic E-state index is 14.0. The summed E-state index contributed by atoms with van der Waals surface area (Å²) in [5.74, 6) is 0.235. The molecule has 3 rings (SSSR count). The largest absolute Gasteiger partial charge is 0.319 e. The van der Waals surface area contributed by atoms with Gasteiger partial charge in [0.1, 0.15) is 5.82 Å². The van der Waals surface area contributed by atoms with Crippen molar-refractivity contribution in [3.63, 3.8) is 0 Å². The zero-order valence-electron chi connectivity index (χ0n) is 17.4. The van der Waals surface area contributed by atoms with Crippen LogP contribution >= 0.6 is 11.8 Å². The molecule has 0 aliphatic rings. The van der Waals surface area contributed by atoms with E-state index >= 15 is 0 Å². The number of imidazole rings is 1. The van der Waals surface area contributed by atoms with Gasteiger partial charge in [-0.25, -0.2) is 22.5 Å². The number of benzene rings is 2. The molecule has 0 bridgehead atoms. The number of rotatable bonds is 11. The first-order valence-corrected chi connectivity index (χ1v) is 12.8. The van der Waals surface area contributed by atoms with E-state index in [0.717, 1.165) is 42.9 Å². The first-order chi connectivity index (χ1) is 14.5. The molecule has 1 heterocycles. The molecule has 0 saturated heterocycles. The van der Waals surface area contributed by atoms with Gasteiger partial charge in [-0.05, 0) is 42.7 Å². The van der Waals surface area contributed by atoms with E-state index in [4.69, 9.17) is 4.98 Å². The van der Waals surface area contributed by atoms with Gasteiger partial charge in [0.25, 0.3) is 0 Å². The monoisotopic (exact) mass is 449 g/mol. The lowest BCUT2D eigenvalue weighted by molar-refractivity contribution is 0.578. The van der Waals surface area contributed by atoms with Crippen LogP contribution in [0.3, 0.4) is 0 Å². The quantitative estimate of drug-likeness (QED) is 0.317. The van der Waals surface area contributed by atoms with Gasteiger partial charge >= 0.3 is 0 Å². The number of fused-ring (bicyclic) bond motifs is 1. The van der Waals surface area contributed by atoms with Gasteiger partial charge in [-0.1, -0.05) is 56.7 Å². The molecule has 0 unspecified atom stereocenters. The lowest BCUT2D eigenvalue weighted by Crippen LogP contribution is -2.24. The predicted octanol–water partition coefficient (Wildman–Crippen LogP) is 5.35. The van der Waals surface area contributed by atoms with Crippen LogP contribution in [-0.2, 0) is 22.3 Å². The number of aromatic nitrogens is 2. The third kappa shape index (κ3) is 5.42. The molecular formula is C22H28FN3O2S2. The summed E-state index contributed by atoms with van der Waals surface area (Å²) in [6, 6.07) is 11.8. The van der Waals surface area contributed by atoms with Gasteiger partial charge in [-0.3, -0.25) is 0 Å². The van der Waals surface area contributed by atoms with Gasteiger partial charge < -0.3 is 4.57 Å². The van der Waals surface area contributed by atoms with Crippen LogP contribution in [-0.4, -0.2) is 24.5 Å². The van der Waals surface area contributed by atoms with Crippen molar-refractivity contribution in [3.8, 4) is 0 Å². The number of nitrogens with one attached hydrogen (secondary N) is 1. The average Bonchev–Trinajstić information content (AvgIpc) is 3.08. The molecule has 8 heteroatoms. The Labute approximate surface area is 182 Å². The van der Waals surface area contributed by atoms with Crippen molar-refractivity contribution in [3.05, 3.63) is 53.8 Å². The highest BCUT2D eigenvalue weighted by Crippen LogP contribution is 2.29. The molecule has 0 saturated carbocycles. The van der Waals surface area contributed by atoms with E-state index in [9.17, 15) is 12.8 Å². The number of nitrogens with zero attached hydrogens (tertiary/aromatic N) is 2. The van der Waals surface area contributed by atoms with Crippen LogP contribution in [0.1, 0.15) is 45.1 Å². The summed E-state index contributed by atoms with van der Waals surface area (Å²) in [5.41, 5.74) is 2.16. The first kappa shape index (κ1) is 22.8. The lowest BCUT2D eigenvalue weighted by atomic mass is 10.2. The standard InChI is InChI=1S/C22H28FN3O2S2/c1-3-5-13-24-30(27,28)18-11-12-21-20(15-18)25-22(26(21)14-6-4-2)29-16-17-9-7-8-10-19(17)23/h7-12,15,24H,3-6,13-14,16H2,1-2H3. The number of halogens is 1. The Balaban J connectivity index is 1.91. The van der Waals surface area contributed by atoms with Crippen molar-refractivity contribution in [2.45, 2.75) is 61.9 Å². The van der Waals surface area contributed by atoms with Crippen LogP contribution in [0.25, 0.3) is 11.0 Å². The summed E-state index contributed by atoms with van der Waals surface area (Å²) in [6.07, 6.45) is 3.73. The molecule has 0 fully saturated rings. The van der Waals surface area contributed by atoms with Crippen molar-refractivity contribution >= 4 is 32.8 Å². The Kier molecular flexibility index (Phi) is 7.91. The Morgan fingerprint density at radius 2 is 1.87 bits per heavy atom. The zero-order chi connectivity index (χ0) is 21.6. The van der Waals surface area contributed by atoms with Gasteiger partial charge in [0, 0.05) is 18.8 Å². The third-order valence-corrected chi connectivity index (χ3v) is 7.35. The SMILES string of the molecule is CCCCNS(=O)(=O)c1ccc2c(c1)nc(SCc1ccccc1F)n2CCCC. The smallest absolute Gasteiger partial charge is 0.240 e. The second-order valence-corrected chi connectivity index (χ2v) is 9.89. The summed E-state index contributed by atoms with van der Waals surface area (Å²) in [6.45, 7) is 5.35. The van der Waals surface area contributed by atoms with Crippen molar-refractivity contribution in [2.75, 3.05) is 6.54 Å². The van der Waals surface area contributed by atoms with E-state index in [1.165, 1.54) is 17.8 Å². The Morgan fingerprint density at radius 1 is 1.10 bits per heavy atom. The molecule has 0 amide bonds. The predicted molar refractivity (Wildman–Crippen MR) is 121 cm³/mol. The number of aryl methyl sites for hydroxylation is 1. The van der Waals surface area contributed by atoms with Crippen LogP contribution in [0.15, 0.2) is 52.5 Å². The Hall–Kier alpha value is -1.90. The molecule has 0 spiro atoms. The molecular weight excluding hydrogens is 421 g/mol. The average molecular weight is 450 g/mol. The van der Waals surface area contributed by atoms with Gasteiger partial charge in [0.05, 0.1) is 15.9 Å². The Morgan fingerprint density at radius 3 is 2.60 bits per heavy atom. The van der Waals surface area contributed by atoms with E-state index in [2.05, 4.69) is 16.2 Å². The molecule has 30 heavy (non-hydrogen) atoms. The summed E-state index contributed by atoms with van der Waals surface area (Å²) in [4.78, 5) is 4.91. The summed E-state index contributed by atoms with van der Waals surface area (Å²) < 4.78 is 43.9.